The lowest BCUT2D eigenvalue weighted by molar-refractivity contribution is 0.809. The van der Waals surface area contributed by atoms with Crippen molar-refractivity contribution >= 4 is 22.5 Å². The summed E-state index contributed by atoms with van der Waals surface area (Å²) in [6, 6.07) is 8.35. The van der Waals surface area contributed by atoms with E-state index in [0.29, 0.717) is 5.13 Å². The van der Waals surface area contributed by atoms with E-state index >= 15 is 0 Å². The zero-order valence-electron chi connectivity index (χ0n) is 10.4. The van der Waals surface area contributed by atoms with Gasteiger partial charge in [-0.25, -0.2) is 4.98 Å². The normalized spacial score (nSPS) is 11.2. The number of nitrogen functional groups attached to an aromatic ring is 1. The van der Waals surface area contributed by atoms with Gasteiger partial charge < -0.3 is 11.1 Å². The van der Waals surface area contributed by atoms with Crippen LogP contribution >= 0.6 is 11.3 Å². The third kappa shape index (κ3) is 3.42. The van der Waals surface area contributed by atoms with Crippen LogP contribution in [0.4, 0.5) is 5.13 Å². The first kappa shape index (κ1) is 12.8. The Bertz CT molecular complexity index is 514. The van der Waals surface area contributed by atoms with Gasteiger partial charge in [-0.3, -0.25) is 0 Å². The van der Waals surface area contributed by atoms with Crippen molar-refractivity contribution < 1.29 is 0 Å². The van der Waals surface area contributed by atoms with E-state index in [4.69, 9.17) is 5.73 Å². The highest BCUT2D eigenvalue weighted by Gasteiger charge is 2.01. The van der Waals surface area contributed by atoms with Crippen molar-refractivity contribution in [3.8, 4) is 11.3 Å². The molecule has 0 bridgehead atoms. The molecule has 4 heteroatoms. The number of rotatable bonds is 5. The number of hydrogen-bond acceptors (Lipinski definition) is 4. The Balaban J connectivity index is 2.03. The summed E-state index contributed by atoms with van der Waals surface area (Å²) in [5.41, 5.74) is 8.89. The summed E-state index contributed by atoms with van der Waals surface area (Å²) in [6.45, 7) is 1.01. The highest BCUT2D eigenvalue weighted by molar-refractivity contribution is 7.13. The summed E-state index contributed by atoms with van der Waals surface area (Å²) < 4.78 is 0. The van der Waals surface area contributed by atoms with Crippen LogP contribution in [-0.2, 0) is 0 Å². The summed E-state index contributed by atoms with van der Waals surface area (Å²) in [6.07, 6.45) is 5.35. The van der Waals surface area contributed by atoms with Crippen LogP contribution in [0.15, 0.2) is 35.7 Å². The maximum atomic E-state index is 5.63. The first-order valence-corrected chi connectivity index (χ1v) is 6.80. The topological polar surface area (TPSA) is 50.9 Å². The molecular weight excluding hydrogens is 242 g/mol. The largest absolute Gasteiger partial charge is 0.375 e. The van der Waals surface area contributed by atoms with E-state index in [0.717, 1.165) is 24.2 Å². The van der Waals surface area contributed by atoms with E-state index < -0.39 is 0 Å². The zero-order valence-corrected chi connectivity index (χ0v) is 11.2. The van der Waals surface area contributed by atoms with Crippen molar-refractivity contribution in [1.82, 2.24) is 10.3 Å². The molecule has 0 spiro atoms. The molecule has 1 heterocycles. The minimum Gasteiger partial charge on any atom is -0.375 e. The van der Waals surface area contributed by atoms with E-state index in [1.807, 2.05) is 12.4 Å². The Morgan fingerprint density at radius 2 is 2.11 bits per heavy atom. The summed E-state index contributed by atoms with van der Waals surface area (Å²) in [5.74, 6) is 0. The molecule has 2 aromatic rings. The molecule has 2 rings (SSSR count). The van der Waals surface area contributed by atoms with Crippen LogP contribution in [0, 0.1) is 0 Å². The lowest BCUT2D eigenvalue weighted by Gasteiger charge is -1.98. The Morgan fingerprint density at radius 1 is 1.33 bits per heavy atom. The second-order valence-electron chi connectivity index (χ2n) is 3.99. The number of hydrogen-bond donors (Lipinski definition) is 2. The van der Waals surface area contributed by atoms with Gasteiger partial charge in [0.25, 0.3) is 0 Å². The minimum absolute atomic E-state index is 0.612. The zero-order chi connectivity index (χ0) is 12.8. The van der Waals surface area contributed by atoms with Crippen molar-refractivity contribution in [2.24, 2.45) is 0 Å². The highest BCUT2D eigenvalue weighted by atomic mass is 32.1. The maximum Gasteiger partial charge on any atom is 0.180 e. The fourth-order valence-corrected chi connectivity index (χ4v) is 2.20. The third-order valence-corrected chi connectivity index (χ3v) is 3.27. The van der Waals surface area contributed by atoms with Gasteiger partial charge in [-0.1, -0.05) is 36.4 Å². The van der Waals surface area contributed by atoms with Crippen LogP contribution in [0.3, 0.4) is 0 Å². The lowest BCUT2D eigenvalue weighted by atomic mass is 10.1. The van der Waals surface area contributed by atoms with Gasteiger partial charge in [0.15, 0.2) is 5.13 Å². The Labute approximate surface area is 111 Å². The van der Waals surface area contributed by atoms with Crippen LogP contribution in [0.25, 0.3) is 17.3 Å². The molecule has 1 aromatic carbocycles. The molecule has 3 nitrogen and oxygen atoms in total. The Kier molecular flexibility index (Phi) is 4.50. The molecule has 0 aliphatic rings. The smallest absolute Gasteiger partial charge is 0.180 e. The number of nitrogens with two attached hydrogens (primary N) is 1. The lowest BCUT2D eigenvalue weighted by Crippen LogP contribution is -2.05. The highest BCUT2D eigenvalue weighted by Crippen LogP contribution is 2.23. The van der Waals surface area contributed by atoms with Gasteiger partial charge in [-0.2, -0.15) is 0 Å². The average molecular weight is 259 g/mol. The number of anilines is 1. The average Bonchev–Trinajstić information content (AvgIpc) is 2.82. The molecule has 0 aliphatic carbocycles. The third-order valence-electron chi connectivity index (χ3n) is 2.60. The molecule has 0 fully saturated rings. The maximum absolute atomic E-state index is 5.63. The first-order chi connectivity index (χ1) is 8.79. The SMILES string of the molecule is CNCCC=Cc1ccc(-c2csc(N)n2)cc1. The van der Waals surface area contributed by atoms with Crippen LogP contribution in [0.5, 0.6) is 0 Å². The van der Waals surface area contributed by atoms with Gasteiger partial charge in [-0.15, -0.1) is 11.3 Å². The summed E-state index contributed by atoms with van der Waals surface area (Å²) in [5, 5.41) is 5.71. The molecule has 0 aliphatic heterocycles. The fraction of sp³-hybridized carbons (Fsp3) is 0.214. The molecule has 0 saturated carbocycles. The molecule has 18 heavy (non-hydrogen) atoms. The fourth-order valence-electron chi connectivity index (χ4n) is 1.63. The standard InChI is InChI=1S/C14H17N3S/c1-16-9-3-2-4-11-5-7-12(8-6-11)13-10-18-14(15)17-13/h2,4-8,10,16H,3,9H2,1H3,(H2,15,17). The van der Waals surface area contributed by atoms with E-state index in [9.17, 15) is 0 Å². The minimum atomic E-state index is 0.612. The molecule has 0 atom stereocenters. The van der Waals surface area contributed by atoms with Crippen molar-refractivity contribution in [3.05, 3.63) is 41.3 Å². The van der Waals surface area contributed by atoms with Crippen molar-refractivity contribution in [2.75, 3.05) is 19.3 Å². The molecule has 0 amide bonds. The molecule has 0 radical (unpaired) electrons. The number of nitrogens with zero attached hydrogens (tertiary/aromatic N) is 1. The molecule has 0 saturated heterocycles. The second-order valence-corrected chi connectivity index (χ2v) is 4.88. The van der Waals surface area contributed by atoms with E-state index in [2.05, 4.69) is 46.7 Å². The van der Waals surface area contributed by atoms with Gasteiger partial charge in [-0.05, 0) is 25.6 Å². The van der Waals surface area contributed by atoms with Gasteiger partial charge in [0.2, 0.25) is 0 Å². The number of aromatic nitrogens is 1. The van der Waals surface area contributed by atoms with Crippen molar-refractivity contribution in [1.29, 1.82) is 0 Å². The summed E-state index contributed by atoms with van der Waals surface area (Å²) in [4.78, 5) is 4.27. The van der Waals surface area contributed by atoms with E-state index in [1.54, 1.807) is 0 Å². The van der Waals surface area contributed by atoms with Crippen LogP contribution < -0.4 is 11.1 Å². The van der Waals surface area contributed by atoms with Gasteiger partial charge in [0, 0.05) is 10.9 Å². The van der Waals surface area contributed by atoms with E-state index in [1.165, 1.54) is 16.9 Å². The van der Waals surface area contributed by atoms with Gasteiger partial charge >= 0.3 is 0 Å². The predicted molar refractivity (Wildman–Crippen MR) is 79.5 cm³/mol. The molecule has 3 N–H and O–H groups in total. The van der Waals surface area contributed by atoms with Gasteiger partial charge in [0.1, 0.15) is 0 Å². The predicted octanol–water partition coefficient (Wildman–Crippen LogP) is 3.02. The second kappa shape index (κ2) is 6.33. The number of thiazole rings is 1. The van der Waals surface area contributed by atoms with Crippen LogP contribution in [0.2, 0.25) is 0 Å². The van der Waals surface area contributed by atoms with Crippen LogP contribution in [0.1, 0.15) is 12.0 Å². The molecule has 0 unspecified atom stereocenters. The molecular formula is C14H17N3S. The summed E-state index contributed by atoms with van der Waals surface area (Å²) in [7, 11) is 1.96. The van der Waals surface area contributed by atoms with Crippen molar-refractivity contribution in [2.45, 2.75) is 6.42 Å². The van der Waals surface area contributed by atoms with Crippen molar-refractivity contribution in [3.63, 3.8) is 0 Å². The Hall–Kier alpha value is -1.65. The monoisotopic (exact) mass is 259 g/mol. The van der Waals surface area contributed by atoms with Crippen LogP contribution in [-0.4, -0.2) is 18.6 Å². The quantitative estimate of drug-likeness (QED) is 0.812. The molecule has 94 valence electrons. The first-order valence-electron chi connectivity index (χ1n) is 5.92. The van der Waals surface area contributed by atoms with E-state index in [-0.39, 0.29) is 0 Å². The Morgan fingerprint density at radius 3 is 2.72 bits per heavy atom. The summed E-state index contributed by atoms with van der Waals surface area (Å²) >= 11 is 1.47. The number of benzene rings is 1. The molecule has 1 aromatic heterocycles. The number of nitrogens with one attached hydrogen (secondary N) is 1. The van der Waals surface area contributed by atoms with Gasteiger partial charge in [0.05, 0.1) is 5.69 Å².